The molecule has 0 bridgehead atoms. The Labute approximate surface area is 169 Å². The molecule has 0 radical (unpaired) electrons. The van der Waals surface area contributed by atoms with E-state index in [4.69, 9.17) is 0 Å². The number of carbonyl (C=O) groups is 1. The molecule has 0 unspecified atom stereocenters. The monoisotopic (exact) mass is 395 g/mol. The maximum Gasteiger partial charge on any atom is 0.220 e. The number of nitrogens with one attached hydrogen (secondary N) is 1. The number of fused-ring (bicyclic) bond motifs is 1. The van der Waals surface area contributed by atoms with Crippen molar-refractivity contribution >= 4 is 39.1 Å². The molecule has 0 spiro atoms. The molecule has 1 amide bonds. The Bertz CT molecular complexity index is 899. The minimum Gasteiger partial charge on any atom is -0.356 e. The van der Waals surface area contributed by atoms with Crippen LogP contribution in [0.15, 0.2) is 58.8 Å². The van der Waals surface area contributed by atoms with Crippen LogP contribution in [0.4, 0.5) is 0 Å². The minimum absolute atomic E-state index is 0.229. The molecule has 3 aromatic rings. The van der Waals surface area contributed by atoms with E-state index in [0.717, 1.165) is 31.6 Å². The molecular formula is C23H25NOS2. The Morgan fingerprint density at radius 3 is 2.81 bits per heavy atom. The molecule has 140 valence electrons. The Hall–Kier alpha value is -1.78. The van der Waals surface area contributed by atoms with Crippen LogP contribution in [0, 0.1) is 5.92 Å². The molecule has 27 heavy (non-hydrogen) atoms. The van der Waals surface area contributed by atoms with Crippen molar-refractivity contribution in [3.05, 3.63) is 65.0 Å². The number of amides is 1. The summed E-state index contributed by atoms with van der Waals surface area (Å²) in [4.78, 5) is 13.1. The van der Waals surface area contributed by atoms with Gasteiger partial charge in [-0.1, -0.05) is 30.3 Å². The van der Waals surface area contributed by atoms with E-state index >= 15 is 0 Å². The predicted molar refractivity (Wildman–Crippen MR) is 116 cm³/mol. The summed E-state index contributed by atoms with van der Waals surface area (Å²) in [5.41, 5.74) is 2.77. The third kappa shape index (κ3) is 5.36. The summed E-state index contributed by atoms with van der Waals surface area (Å²) < 4.78 is 1.35. The molecule has 4 rings (SSSR count). The van der Waals surface area contributed by atoms with Crippen LogP contribution in [0.1, 0.15) is 36.8 Å². The van der Waals surface area contributed by atoms with Crippen LogP contribution in [-0.2, 0) is 17.0 Å². The second kappa shape index (κ2) is 8.94. The number of hydrogen-bond acceptors (Lipinski definition) is 3. The van der Waals surface area contributed by atoms with Gasteiger partial charge in [0.15, 0.2) is 0 Å². The van der Waals surface area contributed by atoms with Gasteiger partial charge in [0, 0.05) is 28.3 Å². The van der Waals surface area contributed by atoms with Gasteiger partial charge in [-0.3, -0.25) is 4.79 Å². The number of thiophene rings is 1. The lowest BCUT2D eigenvalue weighted by atomic mass is 10.1. The molecule has 1 N–H and O–H groups in total. The van der Waals surface area contributed by atoms with Crippen LogP contribution in [-0.4, -0.2) is 12.5 Å². The number of carbonyl (C=O) groups excluding carboxylic acids is 1. The van der Waals surface area contributed by atoms with Crippen LogP contribution in [0.25, 0.3) is 10.1 Å². The highest BCUT2D eigenvalue weighted by atomic mass is 32.2. The molecule has 2 aromatic carbocycles. The summed E-state index contributed by atoms with van der Waals surface area (Å²) >= 11 is 3.71. The fourth-order valence-electron chi connectivity index (χ4n) is 3.25. The fraction of sp³-hybridized carbons (Fsp3) is 0.348. The number of hydrogen-bond donors (Lipinski definition) is 1. The quantitative estimate of drug-likeness (QED) is 0.353. The average molecular weight is 396 g/mol. The van der Waals surface area contributed by atoms with Gasteiger partial charge >= 0.3 is 0 Å². The van der Waals surface area contributed by atoms with Crippen LogP contribution < -0.4 is 5.32 Å². The van der Waals surface area contributed by atoms with Gasteiger partial charge in [0.05, 0.1) is 0 Å². The van der Waals surface area contributed by atoms with Gasteiger partial charge in [0.1, 0.15) is 0 Å². The third-order valence-corrected chi connectivity index (χ3v) is 7.07. The molecule has 0 aliphatic heterocycles. The highest BCUT2D eigenvalue weighted by Gasteiger charge is 2.23. The van der Waals surface area contributed by atoms with Crippen molar-refractivity contribution in [3.8, 4) is 0 Å². The highest BCUT2D eigenvalue weighted by Crippen LogP contribution is 2.33. The molecule has 1 aliphatic carbocycles. The van der Waals surface area contributed by atoms with Crippen molar-refractivity contribution in [1.82, 2.24) is 5.32 Å². The smallest absolute Gasteiger partial charge is 0.220 e. The first-order valence-electron chi connectivity index (χ1n) is 9.71. The SMILES string of the molecule is O=C(CC1CC1)NCCCc1csc2ccc(SCc3ccccc3)cc12. The van der Waals surface area contributed by atoms with Gasteiger partial charge in [0.25, 0.3) is 0 Å². The summed E-state index contributed by atoms with van der Waals surface area (Å²) in [7, 11) is 0. The molecule has 1 aromatic heterocycles. The molecule has 0 atom stereocenters. The topological polar surface area (TPSA) is 29.1 Å². The van der Waals surface area contributed by atoms with Gasteiger partial charge in [-0.05, 0) is 71.7 Å². The molecular weight excluding hydrogens is 370 g/mol. The van der Waals surface area contributed by atoms with Crippen molar-refractivity contribution in [3.63, 3.8) is 0 Å². The lowest BCUT2D eigenvalue weighted by molar-refractivity contribution is -0.121. The van der Waals surface area contributed by atoms with E-state index in [0.29, 0.717) is 5.92 Å². The lowest BCUT2D eigenvalue weighted by Crippen LogP contribution is -2.24. The number of aryl methyl sites for hydroxylation is 1. The van der Waals surface area contributed by atoms with Crippen molar-refractivity contribution in [2.24, 2.45) is 5.92 Å². The fourth-order valence-corrected chi connectivity index (χ4v) is 5.12. The minimum atomic E-state index is 0.229. The second-order valence-electron chi connectivity index (χ2n) is 7.29. The molecule has 1 heterocycles. The Morgan fingerprint density at radius 1 is 1.15 bits per heavy atom. The van der Waals surface area contributed by atoms with E-state index in [1.807, 2.05) is 23.1 Å². The zero-order valence-electron chi connectivity index (χ0n) is 15.4. The number of thioether (sulfide) groups is 1. The number of rotatable bonds is 9. The lowest BCUT2D eigenvalue weighted by Gasteiger charge is -2.06. The highest BCUT2D eigenvalue weighted by molar-refractivity contribution is 7.98. The molecule has 2 nitrogen and oxygen atoms in total. The molecule has 0 saturated heterocycles. The van der Waals surface area contributed by atoms with E-state index in [1.165, 1.54) is 39.0 Å². The van der Waals surface area contributed by atoms with Gasteiger partial charge in [-0.25, -0.2) is 0 Å². The Kier molecular flexibility index (Phi) is 6.15. The average Bonchev–Trinajstić information content (AvgIpc) is 3.42. The molecule has 1 fully saturated rings. The molecule has 1 aliphatic rings. The molecule has 4 heteroatoms. The maximum atomic E-state index is 11.8. The van der Waals surface area contributed by atoms with E-state index in [-0.39, 0.29) is 5.91 Å². The van der Waals surface area contributed by atoms with Crippen LogP contribution >= 0.6 is 23.1 Å². The zero-order chi connectivity index (χ0) is 18.5. The summed E-state index contributed by atoms with van der Waals surface area (Å²) in [6.07, 6.45) is 5.22. The van der Waals surface area contributed by atoms with Crippen molar-refractivity contribution in [1.29, 1.82) is 0 Å². The van der Waals surface area contributed by atoms with Gasteiger partial charge in [-0.2, -0.15) is 0 Å². The third-order valence-electron chi connectivity index (χ3n) is 4.99. The first-order valence-corrected chi connectivity index (χ1v) is 11.6. The van der Waals surface area contributed by atoms with E-state index in [2.05, 4.69) is 59.2 Å². The van der Waals surface area contributed by atoms with Crippen molar-refractivity contribution < 1.29 is 4.79 Å². The maximum absolute atomic E-state index is 11.8. The summed E-state index contributed by atoms with van der Waals surface area (Å²) in [6.45, 7) is 0.783. The summed E-state index contributed by atoms with van der Waals surface area (Å²) in [6, 6.07) is 17.4. The van der Waals surface area contributed by atoms with Crippen molar-refractivity contribution in [2.75, 3.05) is 6.54 Å². The zero-order valence-corrected chi connectivity index (χ0v) is 17.1. The van der Waals surface area contributed by atoms with Crippen LogP contribution in [0.5, 0.6) is 0 Å². The Balaban J connectivity index is 1.31. The standard InChI is InChI=1S/C23H25NOS2/c25-23(13-17-8-9-17)24-12-4-7-19-16-27-22-11-10-20(14-21(19)22)26-15-18-5-2-1-3-6-18/h1-3,5-6,10-11,14,16-17H,4,7-9,12-13,15H2,(H,24,25). The predicted octanol–water partition coefficient (Wildman–Crippen LogP) is 6.04. The molecule has 1 saturated carbocycles. The van der Waals surface area contributed by atoms with Crippen LogP contribution in [0.3, 0.4) is 0 Å². The normalized spacial score (nSPS) is 13.8. The van der Waals surface area contributed by atoms with Crippen LogP contribution in [0.2, 0.25) is 0 Å². The second-order valence-corrected chi connectivity index (χ2v) is 9.25. The first kappa shape index (κ1) is 18.6. The van der Waals surface area contributed by atoms with Gasteiger partial charge in [0.2, 0.25) is 5.91 Å². The summed E-state index contributed by atoms with van der Waals surface area (Å²) in [5, 5.41) is 6.73. The van der Waals surface area contributed by atoms with E-state index in [1.54, 1.807) is 0 Å². The summed E-state index contributed by atoms with van der Waals surface area (Å²) in [5.74, 6) is 1.89. The Morgan fingerprint density at radius 2 is 2.00 bits per heavy atom. The van der Waals surface area contributed by atoms with Crippen molar-refractivity contribution in [2.45, 2.75) is 42.8 Å². The first-order chi connectivity index (χ1) is 13.3. The largest absolute Gasteiger partial charge is 0.356 e. The van der Waals surface area contributed by atoms with Gasteiger partial charge < -0.3 is 5.32 Å². The van der Waals surface area contributed by atoms with Gasteiger partial charge in [-0.15, -0.1) is 23.1 Å². The van der Waals surface area contributed by atoms with E-state index in [9.17, 15) is 4.79 Å². The van der Waals surface area contributed by atoms with E-state index < -0.39 is 0 Å². The number of benzene rings is 2.